The molecule has 2 saturated carbocycles. The summed E-state index contributed by atoms with van der Waals surface area (Å²) in [7, 11) is -3.91. The molecule has 2 fully saturated rings. The molecule has 0 saturated heterocycles. The fourth-order valence-corrected chi connectivity index (χ4v) is 4.45. The highest BCUT2D eigenvalue weighted by Crippen LogP contribution is 2.28. The third-order valence-electron chi connectivity index (χ3n) is 4.57. The van der Waals surface area contributed by atoms with Crippen LogP contribution in [-0.4, -0.2) is 26.4 Å². The Bertz CT molecular complexity index is 734. The Labute approximate surface area is 141 Å². The summed E-state index contributed by atoms with van der Waals surface area (Å²) in [4.78, 5) is 11.7. The minimum atomic E-state index is -3.91. The third-order valence-corrected chi connectivity index (χ3v) is 6.10. The molecule has 0 radical (unpaired) electrons. The van der Waals surface area contributed by atoms with Crippen LogP contribution in [0.5, 0.6) is 0 Å². The number of benzene rings is 1. The Morgan fingerprint density at radius 3 is 2.62 bits per heavy atom. The van der Waals surface area contributed by atoms with Crippen molar-refractivity contribution in [1.82, 2.24) is 4.72 Å². The van der Waals surface area contributed by atoms with Gasteiger partial charge in [0.2, 0.25) is 15.9 Å². The lowest BCUT2D eigenvalue weighted by molar-refractivity contribution is -0.117. The normalized spacial score (nSPS) is 24.1. The number of anilines is 1. The standard InChI is InChI=1S/C16H22FN3O3S/c17-13-7-6-12(9-15(13)24(22,23)20-11-4-5-11)19-16(21)8-10-2-1-3-14(10)18/h6-7,9-11,14,20H,1-5,8,18H2,(H,19,21)/t10-,14+/m0/s1. The van der Waals surface area contributed by atoms with E-state index in [1.807, 2.05) is 0 Å². The van der Waals surface area contributed by atoms with Crippen molar-refractivity contribution in [2.24, 2.45) is 11.7 Å². The average Bonchev–Trinajstić information content (AvgIpc) is 3.22. The summed E-state index contributed by atoms with van der Waals surface area (Å²) in [5, 5.41) is 2.64. The number of halogens is 1. The van der Waals surface area contributed by atoms with Crippen LogP contribution in [0.3, 0.4) is 0 Å². The topological polar surface area (TPSA) is 101 Å². The van der Waals surface area contributed by atoms with Crippen molar-refractivity contribution in [3.05, 3.63) is 24.0 Å². The first-order valence-electron chi connectivity index (χ1n) is 8.22. The van der Waals surface area contributed by atoms with E-state index in [9.17, 15) is 17.6 Å². The molecular weight excluding hydrogens is 333 g/mol. The summed E-state index contributed by atoms with van der Waals surface area (Å²) in [6.07, 6.45) is 4.68. The third kappa shape index (κ3) is 4.12. The maximum atomic E-state index is 13.9. The smallest absolute Gasteiger partial charge is 0.243 e. The van der Waals surface area contributed by atoms with Gasteiger partial charge < -0.3 is 11.1 Å². The van der Waals surface area contributed by atoms with Crippen LogP contribution in [0, 0.1) is 11.7 Å². The lowest BCUT2D eigenvalue weighted by Gasteiger charge is -2.15. The van der Waals surface area contributed by atoms with Crippen LogP contribution in [0.25, 0.3) is 0 Å². The van der Waals surface area contributed by atoms with E-state index in [4.69, 9.17) is 5.73 Å². The van der Waals surface area contributed by atoms with Gasteiger partial charge in [-0.15, -0.1) is 0 Å². The monoisotopic (exact) mass is 355 g/mol. The number of carbonyl (C=O) groups excluding carboxylic acids is 1. The van der Waals surface area contributed by atoms with E-state index < -0.39 is 20.7 Å². The van der Waals surface area contributed by atoms with E-state index in [1.165, 1.54) is 6.07 Å². The first-order chi connectivity index (χ1) is 11.3. The van der Waals surface area contributed by atoms with Crippen LogP contribution in [0.1, 0.15) is 38.5 Å². The number of carbonyl (C=O) groups is 1. The highest BCUT2D eigenvalue weighted by atomic mass is 32.2. The molecule has 2 aliphatic carbocycles. The fourth-order valence-electron chi connectivity index (χ4n) is 3.04. The minimum absolute atomic E-state index is 0.0302. The molecule has 1 amide bonds. The number of sulfonamides is 1. The van der Waals surface area contributed by atoms with Gasteiger partial charge in [0.25, 0.3) is 0 Å². The fraction of sp³-hybridized carbons (Fsp3) is 0.562. The lowest BCUT2D eigenvalue weighted by atomic mass is 10.00. The molecule has 1 aromatic carbocycles. The van der Waals surface area contributed by atoms with Gasteiger partial charge in [-0.2, -0.15) is 0 Å². The van der Waals surface area contributed by atoms with Gasteiger partial charge >= 0.3 is 0 Å². The van der Waals surface area contributed by atoms with E-state index in [0.29, 0.717) is 6.42 Å². The molecule has 132 valence electrons. The van der Waals surface area contributed by atoms with Crippen LogP contribution in [-0.2, 0) is 14.8 Å². The first kappa shape index (κ1) is 17.3. The molecule has 3 rings (SSSR count). The van der Waals surface area contributed by atoms with E-state index >= 15 is 0 Å². The Morgan fingerprint density at radius 1 is 1.25 bits per heavy atom. The predicted molar refractivity (Wildman–Crippen MR) is 88.3 cm³/mol. The van der Waals surface area contributed by atoms with Crippen LogP contribution < -0.4 is 15.8 Å². The maximum Gasteiger partial charge on any atom is 0.243 e. The molecule has 6 nitrogen and oxygen atoms in total. The lowest BCUT2D eigenvalue weighted by Crippen LogP contribution is -2.28. The van der Waals surface area contributed by atoms with Crippen molar-refractivity contribution in [2.75, 3.05) is 5.32 Å². The Hall–Kier alpha value is -1.51. The van der Waals surface area contributed by atoms with E-state index in [1.54, 1.807) is 0 Å². The van der Waals surface area contributed by atoms with E-state index in [2.05, 4.69) is 10.0 Å². The van der Waals surface area contributed by atoms with Crippen LogP contribution in [0.4, 0.5) is 10.1 Å². The van der Waals surface area contributed by atoms with Crippen molar-refractivity contribution >= 4 is 21.6 Å². The van der Waals surface area contributed by atoms with Crippen molar-refractivity contribution < 1.29 is 17.6 Å². The van der Waals surface area contributed by atoms with Gasteiger partial charge in [-0.1, -0.05) is 6.42 Å². The number of nitrogens with two attached hydrogens (primary N) is 1. The zero-order chi connectivity index (χ0) is 17.3. The van der Waals surface area contributed by atoms with Crippen LogP contribution in [0.2, 0.25) is 0 Å². The molecule has 0 spiro atoms. The summed E-state index contributed by atoms with van der Waals surface area (Å²) < 4.78 is 40.7. The largest absolute Gasteiger partial charge is 0.327 e. The number of hydrogen-bond acceptors (Lipinski definition) is 4. The number of amides is 1. The minimum Gasteiger partial charge on any atom is -0.327 e. The number of nitrogens with one attached hydrogen (secondary N) is 2. The summed E-state index contributed by atoms with van der Waals surface area (Å²) in [5.74, 6) is -0.924. The molecule has 2 aliphatic rings. The van der Waals surface area contributed by atoms with Crippen molar-refractivity contribution in [1.29, 1.82) is 0 Å². The first-order valence-corrected chi connectivity index (χ1v) is 9.71. The SMILES string of the molecule is N[C@@H]1CCC[C@H]1CC(=O)Nc1ccc(F)c(S(=O)(=O)NC2CC2)c1. The molecule has 0 aromatic heterocycles. The van der Waals surface area contributed by atoms with Gasteiger partial charge in [-0.3, -0.25) is 4.79 Å². The second-order valence-electron chi connectivity index (χ2n) is 6.65. The van der Waals surface area contributed by atoms with Crippen LogP contribution >= 0.6 is 0 Å². The van der Waals surface area contributed by atoms with E-state index in [-0.39, 0.29) is 29.6 Å². The molecule has 0 bridgehead atoms. The van der Waals surface area contributed by atoms with Gasteiger partial charge in [0.15, 0.2) is 0 Å². The summed E-state index contributed by atoms with van der Waals surface area (Å²) in [6, 6.07) is 3.49. The van der Waals surface area contributed by atoms with Crippen molar-refractivity contribution in [3.63, 3.8) is 0 Å². The van der Waals surface area contributed by atoms with Gasteiger partial charge in [0.05, 0.1) is 0 Å². The van der Waals surface area contributed by atoms with Crippen molar-refractivity contribution in [3.8, 4) is 0 Å². The zero-order valence-electron chi connectivity index (χ0n) is 13.3. The van der Waals surface area contributed by atoms with Gasteiger partial charge in [-0.05, 0) is 49.8 Å². The Balaban J connectivity index is 1.69. The molecule has 2 atom stereocenters. The van der Waals surface area contributed by atoms with Gasteiger partial charge in [0.1, 0.15) is 10.7 Å². The second-order valence-corrected chi connectivity index (χ2v) is 8.33. The predicted octanol–water partition coefficient (Wildman–Crippen LogP) is 1.72. The molecule has 24 heavy (non-hydrogen) atoms. The maximum absolute atomic E-state index is 13.9. The summed E-state index contributed by atoms with van der Waals surface area (Å²) >= 11 is 0. The zero-order valence-corrected chi connectivity index (χ0v) is 14.1. The number of hydrogen-bond donors (Lipinski definition) is 3. The highest BCUT2D eigenvalue weighted by molar-refractivity contribution is 7.89. The molecule has 0 aliphatic heterocycles. The molecular formula is C16H22FN3O3S. The van der Waals surface area contributed by atoms with E-state index in [0.717, 1.165) is 44.2 Å². The van der Waals surface area contributed by atoms with Gasteiger partial charge in [-0.25, -0.2) is 17.5 Å². The highest BCUT2D eigenvalue weighted by Gasteiger charge is 2.30. The molecule has 0 unspecified atom stereocenters. The van der Waals surface area contributed by atoms with Crippen LogP contribution in [0.15, 0.2) is 23.1 Å². The molecule has 8 heteroatoms. The number of rotatable bonds is 6. The molecule has 1 aromatic rings. The summed E-state index contributed by atoms with van der Waals surface area (Å²) in [5.41, 5.74) is 6.22. The molecule has 4 N–H and O–H groups in total. The quantitative estimate of drug-likeness (QED) is 0.723. The van der Waals surface area contributed by atoms with Crippen molar-refractivity contribution in [2.45, 2.75) is 55.5 Å². The average molecular weight is 355 g/mol. The van der Waals surface area contributed by atoms with Gasteiger partial charge in [0, 0.05) is 24.2 Å². The molecule has 0 heterocycles. The summed E-state index contributed by atoms with van der Waals surface area (Å²) in [6.45, 7) is 0. The second kappa shape index (κ2) is 6.78. The Kier molecular flexibility index (Phi) is 4.89. The Morgan fingerprint density at radius 2 is 2.00 bits per heavy atom.